The van der Waals surface area contributed by atoms with Crippen LogP contribution in [0.15, 0.2) is 24.1 Å². The molecule has 2 aromatic rings. The molecule has 1 unspecified atom stereocenters. The van der Waals surface area contributed by atoms with E-state index in [0.717, 1.165) is 10.6 Å². The molecule has 2 rings (SSSR count). The molecular weight excluding hydrogens is 226 g/mol. The van der Waals surface area contributed by atoms with Gasteiger partial charge in [-0.1, -0.05) is 0 Å². The molecule has 0 spiro atoms. The number of aromatic nitrogens is 3. The van der Waals surface area contributed by atoms with Crippen LogP contribution in [0.4, 0.5) is 0 Å². The van der Waals surface area contributed by atoms with Gasteiger partial charge in [0.1, 0.15) is 6.33 Å². The molecular formula is C10H11N3O2S. The van der Waals surface area contributed by atoms with Gasteiger partial charge >= 0.3 is 0 Å². The van der Waals surface area contributed by atoms with Crippen molar-refractivity contribution in [1.82, 2.24) is 15.0 Å². The first-order valence-electron chi connectivity index (χ1n) is 4.71. The van der Waals surface area contributed by atoms with Crippen molar-refractivity contribution >= 4 is 11.3 Å². The van der Waals surface area contributed by atoms with Crippen molar-refractivity contribution < 1.29 is 9.84 Å². The van der Waals surface area contributed by atoms with E-state index in [0.29, 0.717) is 12.3 Å². The highest BCUT2D eigenvalue weighted by Crippen LogP contribution is 2.21. The van der Waals surface area contributed by atoms with Gasteiger partial charge in [0.25, 0.3) is 0 Å². The van der Waals surface area contributed by atoms with Crippen molar-refractivity contribution in [2.75, 3.05) is 7.11 Å². The molecule has 16 heavy (non-hydrogen) atoms. The van der Waals surface area contributed by atoms with Crippen LogP contribution in [0.1, 0.15) is 16.7 Å². The summed E-state index contributed by atoms with van der Waals surface area (Å²) in [4.78, 5) is 12.7. The molecule has 0 aliphatic rings. The molecule has 5 nitrogen and oxygen atoms in total. The molecule has 0 saturated carbocycles. The van der Waals surface area contributed by atoms with E-state index in [1.54, 1.807) is 24.9 Å². The lowest BCUT2D eigenvalue weighted by molar-refractivity contribution is 0.180. The van der Waals surface area contributed by atoms with E-state index in [9.17, 15) is 5.11 Å². The lowest BCUT2D eigenvalue weighted by Gasteiger charge is -2.07. The number of ether oxygens (including phenoxy) is 1. The van der Waals surface area contributed by atoms with E-state index >= 15 is 0 Å². The van der Waals surface area contributed by atoms with Crippen LogP contribution in [-0.2, 0) is 6.42 Å². The SMILES string of the molecule is COc1cc(CC(O)c2cncs2)ncn1. The predicted octanol–water partition coefficient (Wildman–Crippen LogP) is 1.22. The van der Waals surface area contributed by atoms with Gasteiger partial charge in [-0.2, -0.15) is 0 Å². The Kier molecular flexibility index (Phi) is 3.43. The van der Waals surface area contributed by atoms with Crippen LogP contribution < -0.4 is 4.74 Å². The lowest BCUT2D eigenvalue weighted by Crippen LogP contribution is -2.02. The first-order valence-corrected chi connectivity index (χ1v) is 5.59. The molecule has 0 fully saturated rings. The number of thiazole rings is 1. The Bertz CT molecular complexity index is 447. The van der Waals surface area contributed by atoms with E-state index < -0.39 is 6.10 Å². The normalized spacial score (nSPS) is 12.4. The number of aliphatic hydroxyl groups excluding tert-OH is 1. The molecule has 2 aromatic heterocycles. The predicted molar refractivity (Wildman–Crippen MR) is 59.4 cm³/mol. The summed E-state index contributed by atoms with van der Waals surface area (Å²) >= 11 is 1.42. The summed E-state index contributed by atoms with van der Waals surface area (Å²) in [6, 6.07) is 1.71. The lowest BCUT2D eigenvalue weighted by atomic mass is 10.2. The highest BCUT2D eigenvalue weighted by atomic mass is 32.1. The Morgan fingerprint density at radius 3 is 3.06 bits per heavy atom. The molecule has 0 aromatic carbocycles. The molecule has 0 aliphatic heterocycles. The van der Waals surface area contributed by atoms with Crippen LogP contribution in [0.25, 0.3) is 0 Å². The van der Waals surface area contributed by atoms with Gasteiger partial charge in [-0.15, -0.1) is 11.3 Å². The zero-order valence-electron chi connectivity index (χ0n) is 8.70. The van der Waals surface area contributed by atoms with Crippen LogP contribution in [0.2, 0.25) is 0 Å². The number of nitrogens with zero attached hydrogens (tertiary/aromatic N) is 3. The Labute approximate surface area is 96.8 Å². The van der Waals surface area contributed by atoms with Gasteiger partial charge in [-0.25, -0.2) is 9.97 Å². The Balaban J connectivity index is 2.08. The summed E-state index contributed by atoms with van der Waals surface area (Å²) in [5.74, 6) is 0.501. The highest BCUT2D eigenvalue weighted by Gasteiger charge is 2.11. The number of methoxy groups -OCH3 is 1. The Morgan fingerprint density at radius 2 is 2.38 bits per heavy atom. The summed E-state index contributed by atoms with van der Waals surface area (Å²) in [5.41, 5.74) is 2.44. The average molecular weight is 237 g/mol. The highest BCUT2D eigenvalue weighted by molar-refractivity contribution is 7.09. The second-order valence-corrected chi connectivity index (χ2v) is 4.09. The number of hydrogen-bond donors (Lipinski definition) is 1. The molecule has 1 atom stereocenters. The molecule has 84 valence electrons. The minimum absolute atomic E-state index is 0.432. The average Bonchev–Trinajstić information content (AvgIpc) is 2.83. The van der Waals surface area contributed by atoms with E-state index in [1.807, 2.05) is 0 Å². The van der Waals surface area contributed by atoms with Crippen molar-refractivity contribution in [2.45, 2.75) is 12.5 Å². The van der Waals surface area contributed by atoms with Gasteiger partial charge in [0.05, 0.1) is 29.3 Å². The summed E-state index contributed by atoms with van der Waals surface area (Å²) in [6.45, 7) is 0. The molecule has 0 amide bonds. The van der Waals surface area contributed by atoms with Crippen molar-refractivity contribution in [1.29, 1.82) is 0 Å². The molecule has 2 heterocycles. The molecule has 0 radical (unpaired) electrons. The van der Waals surface area contributed by atoms with Gasteiger partial charge in [0.15, 0.2) is 0 Å². The zero-order valence-corrected chi connectivity index (χ0v) is 9.52. The van der Waals surface area contributed by atoms with Crippen molar-refractivity contribution in [3.8, 4) is 5.88 Å². The van der Waals surface area contributed by atoms with Crippen LogP contribution in [-0.4, -0.2) is 27.2 Å². The molecule has 1 N–H and O–H groups in total. The standard InChI is InChI=1S/C10H11N3O2S/c1-15-10-3-7(12-5-13-10)2-8(14)9-4-11-6-16-9/h3-6,8,14H,2H2,1H3. The fraction of sp³-hybridized carbons (Fsp3) is 0.300. The van der Waals surface area contributed by atoms with Crippen LogP contribution >= 0.6 is 11.3 Å². The maximum Gasteiger partial charge on any atom is 0.216 e. The van der Waals surface area contributed by atoms with Crippen molar-refractivity contribution in [2.24, 2.45) is 0 Å². The third-order valence-corrected chi connectivity index (χ3v) is 2.97. The first kappa shape index (κ1) is 11.0. The van der Waals surface area contributed by atoms with E-state index in [2.05, 4.69) is 15.0 Å². The molecule has 0 saturated heterocycles. The minimum atomic E-state index is -0.577. The van der Waals surface area contributed by atoms with Crippen LogP contribution in [0, 0.1) is 0 Å². The Morgan fingerprint density at radius 1 is 1.50 bits per heavy atom. The zero-order chi connectivity index (χ0) is 11.4. The fourth-order valence-corrected chi connectivity index (χ4v) is 1.89. The molecule has 0 aliphatic carbocycles. The summed E-state index contributed by atoms with van der Waals surface area (Å²) < 4.78 is 4.98. The van der Waals surface area contributed by atoms with Gasteiger partial charge in [0, 0.05) is 18.7 Å². The van der Waals surface area contributed by atoms with Gasteiger partial charge in [0.2, 0.25) is 5.88 Å². The summed E-state index contributed by atoms with van der Waals surface area (Å²) in [5, 5.41) is 9.90. The first-order chi connectivity index (χ1) is 7.79. The van der Waals surface area contributed by atoms with Gasteiger partial charge < -0.3 is 9.84 Å². The second kappa shape index (κ2) is 5.00. The van der Waals surface area contributed by atoms with E-state index in [1.165, 1.54) is 17.7 Å². The van der Waals surface area contributed by atoms with E-state index in [4.69, 9.17) is 4.74 Å². The quantitative estimate of drug-likeness (QED) is 0.865. The number of aliphatic hydroxyl groups is 1. The number of hydrogen-bond acceptors (Lipinski definition) is 6. The molecule has 0 bridgehead atoms. The second-order valence-electron chi connectivity index (χ2n) is 3.18. The maximum atomic E-state index is 9.90. The minimum Gasteiger partial charge on any atom is -0.481 e. The monoisotopic (exact) mass is 237 g/mol. The topological polar surface area (TPSA) is 68.1 Å². The fourth-order valence-electron chi connectivity index (χ4n) is 1.29. The van der Waals surface area contributed by atoms with Crippen LogP contribution in [0.5, 0.6) is 5.88 Å². The van der Waals surface area contributed by atoms with Crippen molar-refractivity contribution in [3.05, 3.63) is 34.7 Å². The largest absolute Gasteiger partial charge is 0.481 e. The summed E-state index contributed by atoms with van der Waals surface area (Å²) in [7, 11) is 1.55. The van der Waals surface area contributed by atoms with Crippen molar-refractivity contribution in [3.63, 3.8) is 0 Å². The Hall–Kier alpha value is -1.53. The smallest absolute Gasteiger partial charge is 0.216 e. The van der Waals surface area contributed by atoms with Crippen LogP contribution in [0.3, 0.4) is 0 Å². The summed E-state index contributed by atoms with van der Waals surface area (Å²) in [6.07, 6.45) is 2.94. The van der Waals surface area contributed by atoms with Gasteiger partial charge in [-0.05, 0) is 0 Å². The van der Waals surface area contributed by atoms with E-state index in [-0.39, 0.29) is 0 Å². The molecule has 6 heteroatoms. The van der Waals surface area contributed by atoms with Gasteiger partial charge in [-0.3, -0.25) is 4.98 Å². The third kappa shape index (κ3) is 2.53. The third-order valence-electron chi connectivity index (χ3n) is 2.09. The number of rotatable bonds is 4. The maximum absolute atomic E-state index is 9.90.